The highest BCUT2D eigenvalue weighted by atomic mass is 79.9. The van der Waals surface area contributed by atoms with Crippen molar-refractivity contribution < 1.29 is 0 Å². The lowest BCUT2D eigenvalue weighted by Gasteiger charge is -2.27. The van der Waals surface area contributed by atoms with Crippen LogP contribution in [0.3, 0.4) is 0 Å². The molecular weight excluding hydrogens is 350 g/mol. The average molecular weight is 362 g/mol. The molecule has 0 radical (unpaired) electrons. The van der Waals surface area contributed by atoms with E-state index in [-0.39, 0.29) is 0 Å². The summed E-state index contributed by atoms with van der Waals surface area (Å²) >= 11 is 4.94. The molecule has 0 fully saturated rings. The quantitative estimate of drug-likeness (QED) is 0.834. The third-order valence-electron chi connectivity index (χ3n) is 3.32. The SMILES string of the molecule is CSC1=NC=C(C#N)C2=NC(C)(c3ccc(Br)cc3)NN12. The van der Waals surface area contributed by atoms with Gasteiger partial charge in [-0.25, -0.2) is 15.0 Å². The largest absolute Gasteiger partial charge is 0.237 e. The van der Waals surface area contributed by atoms with Gasteiger partial charge in [0, 0.05) is 4.47 Å². The summed E-state index contributed by atoms with van der Waals surface area (Å²) in [7, 11) is 0. The van der Waals surface area contributed by atoms with E-state index >= 15 is 0 Å². The van der Waals surface area contributed by atoms with Crippen molar-refractivity contribution in [1.82, 2.24) is 10.4 Å². The Morgan fingerprint density at radius 1 is 1.38 bits per heavy atom. The fourth-order valence-electron chi connectivity index (χ4n) is 2.24. The fraction of sp³-hybridized carbons (Fsp3) is 0.214. The molecule has 0 aromatic heterocycles. The van der Waals surface area contributed by atoms with Crippen LogP contribution in [0.25, 0.3) is 0 Å². The number of halogens is 1. The molecule has 106 valence electrons. The summed E-state index contributed by atoms with van der Waals surface area (Å²) in [6.07, 6.45) is 3.51. The Hall–Kier alpha value is -1.62. The third kappa shape index (κ3) is 2.39. The summed E-state index contributed by atoms with van der Waals surface area (Å²) in [5.41, 5.74) is 4.20. The molecule has 7 heteroatoms. The Morgan fingerprint density at radius 3 is 2.71 bits per heavy atom. The Bertz CT molecular complexity index is 716. The lowest BCUT2D eigenvalue weighted by molar-refractivity contribution is 0.311. The fourth-order valence-corrected chi connectivity index (χ4v) is 2.98. The first-order chi connectivity index (χ1) is 10.1. The first kappa shape index (κ1) is 14.3. The maximum atomic E-state index is 9.24. The summed E-state index contributed by atoms with van der Waals surface area (Å²) in [4.78, 5) is 9.01. The zero-order valence-electron chi connectivity index (χ0n) is 11.5. The van der Waals surface area contributed by atoms with Crippen LogP contribution in [0.5, 0.6) is 0 Å². The second-order valence-electron chi connectivity index (χ2n) is 4.73. The van der Waals surface area contributed by atoms with Gasteiger partial charge in [0.15, 0.2) is 16.7 Å². The van der Waals surface area contributed by atoms with Gasteiger partial charge in [-0.1, -0.05) is 39.8 Å². The van der Waals surface area contributed by atoms with E-state index in [9.17, 15) is 5.26 Å². The van der Waals surface area contributed by atoms with Crippen LogP contribution in [0.4, 0.5) is 0 Å². The number of nitriles is 1. The van der Waals surface area contributed by atoms with Crippen molar-refractivity contribution in [3.63, 3.8) is 0 Å². The normalized spacial score (nSPS) is 23.9. The number of aliphatic imine (C=N–C) groups is 2. The van der Waals surface area contributed by atoms with Crippen LogP contribution in [-0.4, -0.2) is 22.3 Å². The molecule has 1 N–H and O–H groups in total. The number of fused-ring (bicyclic) bond motifs is 1. The van der Waals surface area contributed by atoms with E-state index in [1.807, 2.05) is 37.4 Å². The highest BCUT2D eigenvalue weighted by molar-refractivity contribution is 9.10. The molecule has 0 saturated heterocycles. The number of nitrogens with one attached hydrogen (secondary N) is 1. The van der Waals surface area contributed by atoms with Gasteiger partial charge in [0.05, 0.1) is 6.20 Å². The molecule has 0 saturated carbocycles. The molecule has 1 atom stereocenters. The second-order valence-corrected chi connectivity index (χ2v) is 6.42. The number of hydrogen-bond donors (Lipinski definition) is 1. The van der Waals surface area contributed by atoms with Gasteiger partial charge in [0.2, 0.25) is 0 Å². The monoisotopic (exact) mass is 361 g/mol. The van der Waals surface area contributed by atoms with Gasteiger partial charge in [-0.2, -0.15) is 10.7 Å². The zero-order chi connectivity index (χ0) is 15.0. The molecule has 2 heterocycles. The van der Waals surface area contributed by atoms with Gasteiger partial charge in [0.25, 0.3) is 0 Å². The molecule has 1 aromatic rings. The van der Waals surface area contributed by atoms with Gasteiger partial charge in [0.1, 0.15) is 11.6 Å². The van der Waals surface area contributed by atoms with Crippen molar-refractivity contribution in [3.8, 4) is 6.07 Å². The smallest absolute Gasteiger partial charge is 0.184 e. The molecule has 3 rings (SSSR count). The van der Waals surface area contributed by atoms with E-state index in [2.05, 4.69) is 32.4 Å². The molecule has 0 aliphatic carbocycles. The lowest BCUT2D eigenvalue weighted by atomic mass is 10.0. The van der Waals surface area contributed by atoms with Crippen LogP contribution < -0.4 is 5.43 Å². The van der Waals surface area contributed by atoms with Gasteiger partial charge in [-0.15, -0.1) is 0 Å². The zero-order valence-corrected chi connectivity index (χ0v) is 13.9. The van der Waals surface area contributed by atoms with Crippen LogP contribution in [0.1, 0.15) is 12.5 Å². The highest BCUT2D eigenvalue weighted by Gasteiger charge is 2.40. The maximum Gasteiger partial charge on any atom is 0.184 e. The van der Waals surface area contributed by atoms with Crippen LogP contribution in [0.2, 0.25) is 0 Å². The van der Waals surface area contributed by atoms with Crippen molar-refractivity contribution in [2.24, 2.45) is 9.98 Å². The molecular formula is C14H12BrN5S. The molecule has 1 unspecified atom stereocenters. The summed E-state index contributed by atoms with van der Waals surface area (Å²) in [5.74, 6) is 0.613. The Balaban J connectivity index is 2.05. The number of thioether (sulfide) groups is 1. The Morgan fingerprint density at radius 2 is 2.10 bits per heavy atom. The van der Waals surface area contributed by atoms with Gasteiger partial charge in [-0.3, -0.25) is 0 Å². The van der Waals surface area contributed by atoms with E-state index in [0.717, 1.165) is 15.2 Å². The van der Waals surface area contributed by atoms with E-state index < -0.39 is 5.66 Å². The maximum absolute atomic E-state index is 9.24. The van der Waals surface area contributed by atoms with Crippen LogP contribution >= 0.6 is 27.7 Å². The van der Waals surface area contributed by atoms with E-state index in [4.69, 9.17) is 4.99 Å². The minimum atomic E-state index is -0.618. The number of hydrazine groups is 1. The topological polar surface area (TPSA) is 63.8 Å². The summed E-state index contributed by atoms with van der Waals surface area (Å²) < 4.78 is 1.02. The van der Waals surface area contributed by atoms with Gasteiger partial charge in [-0.05, 0) is 30.9 Å². The number of rotatable bonds is 1. The Labute approximate surface area is 135 Å². The first-order valence-electron chi connectivity index (χ1n) is 6.23. The molecule has 0 amide bonds. The predicted octanol–water partition coefficient (Wildman–Crippen LogP) is 2.98. The average Bonchev–Trinajstić information content (AvgIpc) is 2.85. The number of hydrogen-bond acceptors (Lipinski definition) is 6. The van der Waals surface area contributed by atoms with Crippen molar-refractivity contribution in [2.75, 3.05) is 6.26 Å². The van der Waals surface area contributed by atoms with Gasteiger partial charge >= 0.3 is 0 Å². The third-order valence-corrected chi connectivity index (χ3v) is 4.50. The molecule has 5 nitrogen and oxygen atoms in total. The molecule has 21 heavy (non-hydrogen) atoms. The van der Waals surface area contributed by atoms with Crippen LogP contribution in [0, 0.1) is 11.3 Å². The van der Waals surface area contributed by atoms with E-state index in [0.29, 0.717) is 11.4 Å². The minimum absolute atomic E-state index is 0.459. The Kier molecular flexibility index (Phi) is 3.61. The summed E-state index contributed by atoms with van der Waals surface area (Å²) in [6.45, 7) is 1.98. The van der Waals surface area contributed by atoms with E-state index in [1.165, 1.54) is 11.8 Å². The molecule has 0 bridgehead atoms. The number of benzene rings is 1. The summed E-state index contributed by atoms with van der Waals surface area (Å²) in [6, 6.07) is 10.1. The predicted molar refractivity (Wildman–Crippen MR) is 88.5 cm³/mol. The van der Waals surface area contributed by atoms with Crippen molar-refractivity contribution in [3.05, 3.63) is 46.1 Å². The molecule has 2 aliphatic heterocycles. The standard InChI is InChI=1S/C14H12BrN5S/c1-14(10-3-5-11(15)6-4-10)18-12-9(7-16)8-17-13(21-2)20(12)19-14/h3-6,8,19H,1-2H3. The van der Waals surface area contributed by atoms with Crippen molar-refractivity contribution in [2.45, 2.75) is 12.6 Å². The van der Waals surface area contributed by atoms with E-state index in [1.54, 1.807) is 11.2 Å². The number of amidine groups is 2. The molecule has 1 aromatic carbocycles. The van der Waals surface area contributed by atoms with Crippen LogP contribution in [-0.2, 0) is 5.66 Å². The lowest BCUT2D eigenvalue weighted by Crippen LogP contribution is -2.48. The first-order valence-corrected chi connectivity index (χ1v) is 8.25. The van der Waals surface area contributed by atoms with Crippen LogP contribution in [0.15, 0.2) is 50.5 Å². The highest BCUT2D eigenvalue weighted by Crippen LogP contribution is 2.32. The van der Waals surface area contributed by atoms with Crippen molar-refractivity contribution >= 4 is 38.7 Å². The van der Waals surface area contributed by atoms with Gasteiger partial charge < -0.3 is 0 Å². The minimum Gasteiger partial charge on any atom is -0.237 e. The second kappa shape index (κ2) is 5.30. The summed E-state index contributed by atoms with van der Waals surface area (Å²) in [5, 5.41) is 11.8. The number of nitrogens with zero attached hydrogens (tertiary/aromatic N) is 4. The molecule has 2 aliphatic rings. The van der Waals surface area contributed by atoms with Crippen molar-refractivity contribution in [1.29, 1.82) is 5.26 Å². The molecule has 0 spiro atoms.